The predicted octanol–water partition coefficient (Wildman–Crippen LogP) is 3.88. The molecule has 0 radical (unpaired) electrons. The number of hydrogen-bond acceptors (Lipinski definition) is 5. The Hall–Kier alpha value is -2.83. The van der Waals surface area contributed by atoms with E-state index < -0.39 is 0 Å². The molecule has 2 saturated heterocycles. The Morgan fingerprint density at radius 3 is 2.51 bits per heavy atom. The third-order valence-corrected chi connectivity index (χ3v) is 8.37. The zero-order valence-electron chi connectivity index (χ0n) is 20.4. The quantitative estimate of drug-likeness (QED) is 0.637. The van der Waals surface area contributed by atoms with Gasteiger partial charge in [-0.05, 0) is 49.4 Å². The standard InChI is InChI=1S/C29H35N3O3/c33-28(32-18-16-30(17-19-32)13-5-8-23-6-2-1-3-7-23)25-20-29(25)11-14-31(15-12-29)21-24-9-4-10-26-27(24)35-22-34-26/h1-10,25H,11-22H2/b8-5+/t25-/m0/s1. The molecule has 6 heteroatoms. The van der Waals surface area contributed by atoms with Crippen LogP contribution in [-0.4, -0.2) is 73.2 Å². The SMILES string of the molecule is O=C([C@@H]1CC12CCN(Cc1cccc3c1OCO3)CC2)N1CCN(C/C=C/c2ccccc2)CC1. The van der Waals surface area contributed by atoms with Crippen LogP contribution in [-0.2, 0) is 11.3 Å². The lowest BCUT2D eigenvalue weighted by Gasteiger charge is -2.36. The summed E-state index contributed by atoms with van der Waals surface area (Å²) < 4.78 is 11.2. The van der Waals surface area contributed by atoms with Crippen LogP contribution >= 0.6 is 0 Å². The van der Waals surface area contributed by atoms with Gasteiger partial charge in [-0.1, -0.05) is 54.6 Å². The summed E-state index contributed by atoms with van der Waals surface area (Å²) in [5.74, 6) is 2.41. The molecular weight excluding hydrogens is 438 g/mol. The summed E-state index contributed by atoms with van der Waals surface area (Å²) in [5.41, 5.74) is 2.69. The molecule has 0 N–H and O–H groups in total. The summed E-state index contributed by atoms with van der Waals surface area (Å²) in [6.07, 6.45) is 7.75. The van der Waals surface area contributed by atoms with Crippen LogP contribution in [0.15, 0.2) is 54.6 Å². The van der Waals surface area contributed by atoms with Crippen molar-refractivity contribution in [3.63, 3.8) is 0 Å². The van der Waals surface area contributed by atoms with Crippen molar-refractivity contribution < 1.29 is 14.3 Å². The van der Waals surface area contributed by atoms with Gasteiger partial charge in [0.15, 0.2) is 11.5 Å². The van der Waals surface area contributed by atoms with Gasteiger partial charge in [-0.3, -0.25) is 14.6 Å². The van der Waals surface area contributed by atoms with Gasteiger partial charge in [-0.25, -0.2) is 0 Å². The first-order valence-electron chi connectivity index (χ1n) is 13.0. The number of carbonyl (C=O) groups excluding carboxylic acids is 1. The van der Waals surface area contributed by atoms with Gasteiger partial charge in [-0.2, -0.15) is 0 Å². The summed E-state index contributed by atoms with van der Waals surface area (Å²) in [4.78, 5) is 20.4. The summed E-state index contributed by atoms with van der Waals surface area (Å²) in [6.45, 7) is 7.90. The molecule has 2 aromatic rings. The zero-order valence-corrected chi connectivity index (χ0v) is 20.4. The van der Waals surface area contributed by atoms with Crippen LogP contribution in [0.25, 0.3) is 6.08 Å². The van der Waals surface area contributed by atoms with E-state index in [9.17, 15) is 4.79 Å². The Bertz CT molecular complexity index is 1070. The Labute approximate surface area is 208 Å². The lowest BCUT2D eigenvalue weighted by molar-refractivity contribution is -0.135. The summed E-state index contributed by atoms with van der Waals surface area (Å²) in [6, 6.07) is 16.6. The molecule has 3 fully saturated rings. The molecule has 6 nitrogen and oxygen atoms in total. The Kier molecular flexibility index (Phi) is 6.25. The molecule has 6 rings (SSSR count). The van der Waals surface area contributed by atoms with Gasteiger partial charge in [0.1, 0.15) is 0 Å². The maximum atomic E-state index is 13.3. The highest BCUT2D eigenvalue weighted by molar-refractivity contribution is 5.83. The average Bonchev–Trinajstić information content (AvgIpc) is 3.36. The number of ether oxygens (including phenoxy) is 2. The third kappa shape index (κ3) is 4.82. The van der Waals surface area contributed by atoms with Crippen molar-refractivity contribution >= 4 is 12.0 Å². The number of piperidine rings is 1. The maximum absolute atomic E-state index is 13.3. The zero-order chi connectivity index (χ0) is 23.7. The van der Waals surface area contributed by atoms with E-state index in [0.717, 1.165) is 83.1 Å². The van der Waals surface area contributed by atoms with Crippen molar-refractivity contribution in [1.82, 2.24) is 14.7 Å². The van der Waals surface area contributed by atoms with Gasteiger partial charge in [0.05, 0.1) is 0 Å². The van der Waals surface area contributed by atoms with E-state index in [0.29, 0.717) is 12.7 Å². The molecule has 1 saturated carbocycles. The average molecular weight is 474 g/mol. The smallest absolute Gasteiger partial charge is 0.231 e. The van der Waals surface area contributed by atoms with E-state index >= 15 is 0 Å². The van der Waals surface area contributed by atoms with E-state index in [4.69, 9.17) is 9.47 Å². The van der Waals surface area contributed by atoms with E-state index in [1.807, 2.05) is 18.2 Å². The number of likely N-dealkylation sites (tertiary alicyclic amines) is 1. The summed E-state index contributed by atoms with van der Waals surface area (Å²) >= 11 is 0. The molecule has 35 heavy (non-hydrogen) atoms. The monoisotopic (exact) mass is 473 g/mol. The second-order valence-corrected chi connectivity index (χ2v) is 10.5. The lowest BCUT2D eigenvalue weighted by atomic mass is 9.90. The van der Waals surface area contributed by atoms with Crippen molar-refractivity contribution in [1.29, 1.82) is 0 Å². The highest BCUT2D eigenvalue weighted by Crippen LogP contribution is 2.60. The topological polar surface area (TPSA) is 45.3 Å². The van der Waals surface area contributed by atoms with Crippen LogP contribution < -0.4 is 9.47 Å². The predicted molar refractivity (Wildman–Crippen MR) is 136 cm³/mol. The normalized spacial score (nSPS) is 23.8. The Morgan fingerprint density at radius 2 is 1.71 bits per heavy atom. The number of rotatable bonds is 6. The molecule has 3 aliphatic heterocycles. The Morgan fingerprint density at radius 1 is 0.914 bits per heavy atom. The van der Waals surface area contributed by atoms with Crippen LogP contribution in [0.5, 0.6) is 11.5 Å². The first-order valence-corrected chi connectivity index (χ1v) is 13.0. The highest BCUT2D eigenvalue weighted by atomic mass is 16.7. The number of amides is 1. The van der Waals surface area contributed by atoms with E-state index in [-0.39, 0.29) is 11.3 Å². The third-order valence-electron chi connectivity index (χ3n) is 8.37. The summed E-state index contributed by atoms with van der Waals surface area (Å²) in [5, 5.41) is 0. The molecule has 4 aliphatic rings. The van der Waals surface area contributed by atoms with E-state index in [2.05, 4.69) is 57.2 Å². The number of hydrogen-bond donors (Lipinski definition) is 0. The van der Waals surface area contributed by atoms with Crippen molar-refractivity contribution in [2.75, 3.05) is 52.6 Å². The summed E-state index contributed by atoms with van der Waals surface area (Å²) in [7, 11) is 0. The molecule has 1 amide bonds. The fourth-order valence-corrected chi connectivity index (χ4v) is 6.04. The van der Waals surface area contributed by atoms with Crippen LogP contribution in [0.2, 0.25) is 0 Å². The first-order chi connectivity index (χ1) is 17.2. The molecule has 0 bridgehead atoms. The van der Waals surface area contributed by atoms with Gasteiger partial charge in [-0.15, -0.1) is 0 Å². The molecule has 0 unspecified atom stereocenters. The van der Waals surface area contributed by atoms with Crippen molar-refractivity contribution in [3.05, 3.63) is 65.7 Å². The minimum atomic E-state index is 0.242. The number of fused-ring (bicyclic) bond motifs is 1. The van der Waals surface area contributed by atoms with E-state index in [1.54, 1.807) is 0 Å². The number of nitrogens with zero attached hydrogens (tertiary/aromatic N) is 3. The van der Waals surface area contributed by atoms with Crippen LogP contribution in [0, 0.1) is 11.3 Å². The minimum Gasteiger partial charge on any atom is -0.454 e. The van der Waals surface area contributed by atoms with Crippen molar-refractivity contribution in [3.8, 4) is 11.5 Å². The second-order valence-electron chi connectivity index (χ2n) is 10.5. The van der Waals surface area contributed by atoms with Crippen molar-refractivity contribution in [2.24, 2.45) is 11.3 Å². The van der Waals surface area contributed by atoms with Gasteiger partial charge < -0.3 is 14.4 Å². The number of para-hydroxylation sites is 1. The fraction of sp³-hybridized carbons (Fsp3) is 0.483. The molecule has 184 valence electrons. The second kappa shape index (κ2) is 9.67. The lowest BCUT2D eigenvalue weighted by Crippen LogP contribution is -2.49. The maximum Gasteiger partial charge on any atom is 0.231 e. The Balaban J connectivity index is 0.951. The highest BCUT2D eigenvalue weighted by Gasteiger charge is 2.59. The van der Waals surface area contributed by atoms with Gasteiger partial charge in [0.2, 0.25) is 12.7 Å². The minimum absolute atomic E-state index is 0.242. The molecule has 1 atom stereocenters. The molecule has 2 aromatic carbocycles. The largest absolute Gasteiger partial charge is 0.454 e. The molecule has 1 aliphatic carbocycles. The van der Waals surface area contributed by atoms with Crippen LogP contribution in [0.4, 0.5) is 0 Å². The molecular formula is C29H35N3O3. The first kappa shape index (κ1) is 22.6. The van der Waals surface area contributed by atoms with Gasteiger partial charge in [0, 0.05) is 50.7 Å². The number of piperazine rings is 1. The van der Waals surface area contributed by atoms with Crippen LogP contribution in [0.3, 0.4) is 0 Å². The number of benzene rings is 2. The van der Waals surface area contributed by atoms with Crippen molar-refractivity contribution in [2.45, 2.75) is 25.8 Å². The fourth-order valence-electron chi connectivity index (χ4n) is 6.04. The molecule has 3 heterocycles. The number of carbonyl (C=O) groups is 1. The van der Waals surface area contributed by atoms with Gasteiger partial charge >= 0.3 is 0 Å². The molecule has 1 spiro atoms. The van der Waals surface area contributed by atoms with Crippen LogP contribution in [0.1, 0.15) is 30.4 Å². The van der Waals surface area contributed by atoms with E-state index in [1.165, 1.54) is 11.1 Å². The van der Waals surface area contributed by atoms with Gasteiger partial charge in [0.25, 0.3) is 0 Å². The molecule has 0 aromatic heterocycles.